The summed E-state index contributed by atoms with van der Waals surface area (Å²) in [5.41, 5.74) is 3.38. The van der Waals surface area contributed by atoms with Gasteiger partial charge in [-0.25, -0.2) is 4.79 Å². The molecule has 1 aliphatic carbocycles. The molecule has 2 rings (SSSR count). The Kier molecular flexibility index (Phi) is 5.16. The highest BCUT2D eigenvalue weighted by Gasteiger charge is 2.14. The van der Waals surface area contributed by atoms with E-state index in [2.05, 4.69) is 10.6 Å². The van der Waals surface area contributed by atoms with E-state index < -0.39 is 12.1 Å². The molecule has 1 aromatic carbocycles. The molecule has 21 heavy (non-hydrogen) atoms. The van der Waals surface area contributed by atoms with Crippen LogP contribution in [-0.2, 0) is 22.4 Å². The van der Waals surface area contributed by atoms with Crippen LogP contribution < -0.4 is 10.6 Å². The number of amides is 2. The Bertz CT molecular complexity index is 530. The third-order valence-electron chi connectivity index (χ3n) is 3.58. The smallest absolute Gasteiger partial charge is 0.319 e. The molecule has 6 nitrogen and oxygen atoms in total. The van der Waals surface area contributed by atoms with Crippen LogP contribution in [0.15, 0.2) is 18.2 Å². The van der Waals surface area contributed by atoms with Gasteiger partial charge in [0, 0.05) is 19.3 Å². The Labute approximate surface area is 123 Å². The van der Waals surface area contributed by atoms with Gasteiger partial charge in [0.2, 0.25) is 0 Å². The molecule has 0 aliphatic heterocycles. The van der Waals surface area contributed by atoms with Crippen molar-refractivity contribution in [2.45, 2.75) is 31.8 Å². The van der Waals surface area contributed by atoms with Gasteiger partial charge in [-0.05, 0) is 42.5 Å². The van der Waals surface area contributed by atoms with Gasteiger partial charge in [-0.3, -0.25) is 4.79 Å². The van der Waals surface area contributed by atoms with Crippen LogP contribution in [0.1, 0.15) is 24.0 Å². The van der Waals surface area contributed by atoms with Gasteiger partial charge in [0.1, 0.15) is 0 Å². The van der Waals surface area contributed by atoms with Crippen LogP contribution in [-0.4, -0.2) is 36.9 Å². The number of aryl methyl sites for hydroxylation is 2. The largest absolute Gasteiger partial charge is 0.481 e. The number of carboxylic acids is 1. The van der Waals surface area contributed by atoms with Gasteiger partial charge in [0.15, 0.2) is 0 Å². The quantitative estimate of drug-likeness (QED) is 0.746. The highest BCUT2D eigenvalue weighted by atomic mass is 16.5. The third kappa shape index (κ3) is 4.46. The molecule has 0 spiro atoms. The Morgan fingerprint density at radius 2 is 2.10 bits per heavy atom. The summed E-state index contributed by atoms with van der Waals surface area (Å²) < 4.78 is 5.00. The average molecular weight is 292 g/mol. The number of methoxy groups -OCH3 is 1. The molecule has 0 saturated heterocycles. The summed E-state index contributed by atoms with van der Waals surface area (Å²) in [6.45, 7) is 0.152. The van der Waals surface area contributed by atoms with Gasteiger partial charge in [0.05, 0.1) is 12.5 Å². The number of benzene rings is 1. The van der Waals surface area contributed by atoms with Crippen LogP contribution >= 0.6 is 0 Å². The molecule has 1 atom stereocenters. The van der Waals surface area contributed by atoms with E-state index in [4.69, 9.17) is 9.84 Å². The number of anilines is 1. The number of hydrogen-bond donors (Lipinski definition) is 3. The molecule has 1 aliphatic rings. The Balaban J connectivity index is 1.83. The van der Waals surface area contributed by atoms with Crippen LogP contribution in [0.25, 0.3) is 0 Å². The van der Waals surface area contributed by atoms with Crippen LogP contribution in [0.5, 0.6) is 0 Å². The van der Waals surface area contributed by atoms with Gasteiger partial charge >= 0.3 is 12.0 Å². The first-order valence-electron chi connectivity index (χ1n) is 6.99. The van der Waals surface area contributed by atoms with E-state index in [1.54, 1.807) is 0 Å². The maximum absolute atomic E-state index is 11.8. The first-order chi connectivity index (χ1) is 10.1. The van der Waals surface area contributed by atoms with E-state index in [0.29, 0.717) is 0 Å². The second kappa shape index (κ2) is 7.08. The number of rotatable bonds is 6. The minimum atomic E-state index is -0.956. The molecular weight excluding hydrogens is 272 g/mol. The Morgan fingerprint density at radius 1 is 1.33 bits per heavy atom. The lowest BCUT2D eigenvalue weighted by atomic mass is 10.1. The summed E-state index contributed by atoms with van der Waals surface area (Å²) >= 11 is 0. The second-order valence-electron chi connectivity index (χ2n) is 5.13. The zero-order chi connectivity index (χ0) is 15.2. The summed E-state index contributed by atoms with van der Waals surface area (Å²) in [6.07, 6.45) is 2.64. The molecule has 0 radical (unpaired) electrons. The number of carbonyl (C=O) groups is 2. The standard InChI is InChI=1S/C15H20N2O4/c1-21-13(8-14(18)19)9-16-15(20)17-12-6-5-10-3-2-4-11(10)7-12/h5-7,13H,2-4,8-9H2,1H3,(H,18,19)(H2,16,17,20). The van der Waals surface area contributed by atoms with E-state index in [1.807, 2.05) is 18.2 Å². The second-order valence-corrected chi connectivity index (χ2v) is 5.13. The maximum atomic E-state index is 11.8. The Morgan fingerprint density at radius 3 is 2.81 bits per heavy atom. The molecule has 0 fully saturated rings. The number of aliphatic carboxylic acids is 1. The summed E-state index contributed by atoms with van der Waals surface area (Å²) in [6, 6.07) is 5.56. The fourth-order valence-electron chi connectivity index (χ4n) is 2.47. The molecule has 1 aromatic rings. The van der Waals surface area contributed by atoms with Gasteiger partial charge in [-0.2, -0.15) is 0 Å². The van der Waals surface area contributed by atoms with Crippen LogP contribution in [0, 0.1) is 0 Å². The number of carbonyl (C=O) groups excluding carboxylic acids is 1. The van der Waals surface area contributed by atoms with Crippen molar-refractivity contribution in [3.05, 3.63) is 29.3 Å². The summed E-state index contributed by atoms with van der Waals surface area (Å²) in [4.78, 5) is 22.4. The highest BCUT2D eigenvalue weighted by Crippen LogP contribution is 2.24. The van der Waals surface area contributed by atoms with Gasteiger partial charge in [-0.15, -0.1) is 0 Å². The lowest BCUT2D eigenvalue weighted by Gasteiger charge is -2.14. The van der Waals surface area contributed by atoms with Crippen molar-refractivity contribution in [1.29, 1.82) is 0 Å². The Hall–Kier alpha value is -2.08. The fraction of sp³-hybridized carbons (Fsp3) is 0.467. The minimum Gasteiger partial charge on any atom is -0.481 e. The van der Waals surface area contributed by atoms with E-state index in [0.717, 1.165) is 24.9 Å². The van der Waals surface area contributed by atoms with Crippen molar-refractivity contribution < 1.29 is 19.4 Å². The zero-order valence-electron chi connectivity index (χ0n) is 12.0. The number of hydrogen-bond acceptors (Lipinski definition) is 3. The van der Waals surface area contributed by atoms with E-state index in [1.165, 1.54) is 18.2 Å². The van der Waals surface area contributed by atoms with Crippen LogP contribution in [0.4, 0.5) is 10.5 Å². The molecule has 0 aromatic heterocycles. The predicted molar refractivity (Wildman–Crippen MR) is 78.5 cm³/mol. The highest BCUT2D eigenvalue weighted by molar-refractivity contribution is 5.89. The first-order valence-corrected chi connectivity index (χ1v) is 6.99. The third-order valence-corrected chi connectivity index (χ3v) is 3.58. The van der Waals surface area contributed by atoms with Gasteiger partial charge < -0.3 is 20.5 Å². The number of ether oxygens (including phenoxy) is 1. The zero-order valence-corrected chi connectivity index (χ0v) is 12.0. The number of fused-ring (bicyclic) bond motifs is 1. The molecule has 114 valence electrons. The first kappa shape index (κ1) is 15.3. The SMILES string of the molecule is COC(CNC(=O)Nc1ccc2c(c1)CCC2)CC(=O)O. The number of urea groups is 1. The average Bonchev–Trinajstić information content (AvgIpc) is 2.90. The molecule has 0 bridgehead atoms. The molecule has 0 saturated carbocycles. The van der Waals surface area contributed by atoms with E-state index in [-0.39, 0.29) is 19.0 Å². The lowest BCUT2D eigenvalue weighted by molar-refractivity contribution is -0.139. The predicted octanol–water partition coefficient (Wildman–Crippen LogP) is 1.79. The molecule has 0 heterocycles. The van der Waals surface area contributed by atoms with E-state index >= 15 is 0 Å². The number of carboxylic acid groups (broad SMARTS) is 1. The summed E-state index contributed by atoms with van der Waals surface area (Å²) in [5, 5.41) is 14.1. The van der Waals surface area contributed by atoms with Crippen LogP contribution in [0.3, 0.4) is 0 Å². The summed E-state index contributed by atoms with van der Waals surface area (Å²) in [5.74, 6) is -0.956. The fourth-order valence-corrected chi connectivity index (χ4v) is 2.47. The molecule has 1 unspecified atom stereocenters. The summed E-state index contributed by atoms with van der Waals surface area (Å²) in [7, 11) is 1.42. The molecular formula is C15H20N2O4. The van der Waals surface area contributed by atoms with E-state index in [9.17, 15) is 9.59 Å². The van der Waals surface area contributed by atoms with Crippen molar-refractivity contribution in [2.24, 2.45) is 0 Å². The van der Waals surface area contributed by atoms with Crippen molar-refractivity contribution >= 4 is 17.7 Å². The van der Waals surface area contributed by atoms with Crippen molar-refractivity contribution in [3.8, 4) is 0 Å². The minimum absolute atomic E-state index is 0.143. The van der Waals surface area contributed by atoms with Crippen LogP contribution in [0.2, 0.25) is 0 Å². The molecule has 3 N–H and O–H groups in total. The maximum Gasteiger partial charge on any atom is 0.319 e. The van der Waals surface area contributed by atoms with Crippen molar-refractivity contribution in [2.75, 3.05) is 19.0 Å². The van der Waals surface area contributed by atoms with Crippen molar-refractivity contribution in [1.82, 2.24) is 5.32 Å². The normalized spacial score (nSPS) is 14.3. The van der Waals surface area contributed by atoms with Gasteiger partial charge in [-0.1, -0.05) is 6.07 Å². The molecule has 2 amide bonds. The van der Waals surface area contributed by atoms with Gasteiger partial charge in [0.25, 0.3) is 0 Å². The number of nitrogens with one attached hydrogen (secondary N) is 2. The lowest BCUT2D eigenvalue weighted by Crippen LogP contribution is -2.37. The topological polar surface area (TPSA) is 87.7 Å². The molecule has 6 heteroatoms. The monoisotopic (exact) mass is 292 g/mol. The van der Waals surface area contributed by atoms with Crippen molar-refractivity contribution in [3.63, 3.8) is 0 Å².